The fraction of sp³-hybridized carbons (Fsp3) is 0.273. The van der Waals surface area contributed by atoms with Gasteiger partial charge in [0.15, 0.2) is 0 Å². The lowest BCUT2D eigenvalue weighted by molar-refractivity contribution is -0.242. The number of amides is 1. The number of alkyl halides is 3. The summed E-state index contributed by atoms with van der Waals surface area (Å²) in [6, 6.07) is 2.64. The molecule has 0 aliphatic rings. The molecule has 0 bridgehead atoms. The molecule has 0 fully saturated rings. The van der Waals surface area contributed by atoms with Gasteiger partial charge in [0.25, 0.3) is 5.91 Å². The van der Waals surface area contributed by atoms with Crippen molar-refractivity contribution in [2.24, 2.45) is 0 Å². The van der Waals surface area contributed by atoms with Gasteiger partial charge in [-0.1, -0.05) is 0 Å². The lowest BCUT2D eigenvalue weighted by Crippen LogP contribution is -2.52. The first-order valence-electron chi connectivity index (χ1n) is 5.13. The molecule has 20 heavy (non-hydrogen) atoms. The van der Waals surface area contributed by atoms with Gasteiger partial charge in [0.2, 0.25) is 5.60 Å². The van der Waals surface area contributed by atoms with Gasteiger partial charge < -0.3 is 20.6 Å². The van der Waals surface area contributed by atoms with Gasteiger partial charge in [0.1, 0.15) is 11.3 Å². The predicted molar refractivity (Wildman–Crippen MR) is 60.4 cm³/mol. The van der Waals surface area contributed by atoms with Crippen LogP contribution in [-0.4, -0.2) is 39.0 Å². The molecule has 0 saturated carbocycles. The van der Waals surface area contributed by atoms with Crippen LogP contribution in [0, 0.1) is 0 Å². The average molecular weight is 293 g/mol. The van der Waals surface area contributed by atoms with E-state index in [9.17, 15) is 27.9 Å². The first kappa shape index (κ1) is 15.8. The van der Waals surface area contributed by atoms with Crippen LogP contribution >= 0.6 is 0 Å². The summed E-state index contributed by atoms with van der Waals surface area (Å²) in [6.45, 7) is 0.272. The van der Waals surface area contributed by atoms with E-state index in [1.807, 2.05) is 0 Å². The summed E-state index contributed by atoms with van der Waals surface area (Å²) in [5.74, 6) is -3.93. The van der Waals surface area contributed by atoms with Gasteiger partial charge in [-0.3, -0.25) is 4.79 Å². The SMILES string of the molecule is CC(O)(C(=O)Nc1ccc(C(=O)O)c(O)c1)C(F)(F)F. The van der Waals surface area contributed by atoms with Crippen molar-refractivity contribution < 1.29 is 38.1 Å². The summed E-state index contributed by atoms with van der Waals surface area (Å²) < 4.78 is 37.2. The van der Waals surface area contributed by atoms with E-state index in [0.29, 0.717) is 0 Å². The summed E-state index contributed by atoms with van der Waals surface area (Å²) >= 11 is 0. The highest BCUT2D eigenvalue weighted by molar-refractivity contribution is 5.98. The number of carbonyl (C=O) groups is 2. The number of benzene rings is 1. The molecule has 9 heteroatoms. The van der Waals surface area contributed by atoms with E-state index in [1.54, 1.807) is 5.32 Å². The standard InChI is InChI=1S/C11H10F3NO5/c1-10(20,11(12,13)14)9(19)15-5-2-3-6(8(17)18)7(16)4-5/h2-4,16,20H,1H3,(H,15,19)(H,17,18). The van der Waals surface area contributed by atoms with E-state index in [2.05, 4.69) is 0 Å². The van der Waals surface area contributed by atoms with Gasteiger partial charge in [0, 0.05) is 11.8 Å². The number of carbonyl (C=O) groups excluding carboxylic acids is 1. The normalized spacial score (nSPS) is 14.4. The van der Waals surface area contributed by atoms with Gasteiger partial charge in [-0.25, -0.2) is 4.79 Å². The molecule has 0 radical (unpaired) electrons. The molecule has 1 aromatic rings. The van der Waals surface area contributed by atoms with Crippen molar-refractivity contribution >= 4 is 17.6 Å². The first-order valence-corrected chi connectivity index (χ1v) is 5.13. The van der Waals surface area contributed by atoms with E-state index in [1.165, 1.54) is 0 Å². The van der Waals surface area contributed by atoms with Crippen molar-refractivity contribution in [1.82, 2.24) is 0 Å². The number of hydrogen-bond acceptors (Lipinski definition) is 4. The second-order valence-corrected chi connectivity index (χ2v) is 4.06. The fourth-order valence-electron chi connectivity index (χ4n) is 1.17. The number of aliphatic hydroxyl groups is 1. The van der Waals surface area contributed by atoms with E-state index in [0.717, 1.165) is 18.2 Å². The minimum absolute atomic E-state index is 0.272. The molecule has 1 atom stereocenters. The Bertz CT molecular complexity index is 553. The summed E-state index contributed by atoms with van der Waals surface area (Å²) in [7, 11) is 0. The lowest BCUT2D eigenvalue weighted by Gasteiger charge is -2.24. The topological polar surface area (TPSA) is 107 Å². The predicted octanol–water partition coefficient (Wildman–Crippen LogP) is 1.34. The van der Waals surface area contributed by atoms with E-state index in [4.69, 9.17) is 10.2 Å². The maximum absolute atomic E-state index is 12.4. The van der Waals surface area contributed by atoms with Crippen LogP contribution in [0.4, 0.5) is 18.9 Å². The molecule has 1 aromatic carbocycles. The molecule has 0 heterocycles. The summed E-state index contributed by atoms with van der Waals surface area (Å²) in [6.07, 6.45) is -5.18. The Morgan fingerprint density at radius 3 is 2.20 bits per heavy atom. The Hall–Kier alpha value is -2.29. The highest BCUT2D eigenvalue weighted by Crippen LogP contribution is 2.31. The minimum Gasteiger partial charge on any atom is -0.507 e. The molecule has 0 aliphatic carbocycles. The molecule has 1 unspecified atom stereocenters. The summed E-state index contributed by atoms with van der Waals surface area (Å²) in [5.41, 5.74) is -4.39. The Balaban J connectivity index is 2.98. The highest BCUT2D eigenvalue weighted by atomic mass is 19.4. The second kappa shape index (κ2) is 5.00. The van der Waals surface area contributed by atoms with Crippen LogP contribution < -0.4 is 5.32 Å². The van der Waals surface area contributed by atoms with Gasteiger partial charge in [-0.2, -0.15) is 13.2 Å². The lowest BCUT2D eigenvalue weighted by atomic mass is 10.1. The zero-order chi connectivity index (χ0) is 15.7. The molecule has 6 nitrogen and oxygen atoms in total. The average Bonchev–Trinajstić information content (AvgIpc) is 2.26. The third-order valence-corrected chi connectivity index (χ3v) is 2.48. The van der Waals surface area contributed by atoms with Crippen molar-refractivity contribution in [2.75, 3.05) is 5.32 Å². The number of carboxylic acid groups (broad SMARTS) is 1. The maximum atomic E-state index is 12.4. The molecule has 0 aliphatic heterocycles. The molecule has 0 saturated heterocycles. The smallest absolute Gasteiger partial charge is 0.426 e. The van der Waals surface area contributed by atoms with Crippen molar-refractivity contribution in [3.05, 3.63) is 23.8 Å². The van der Waals surface area contributed by atoms with Crippen LogP contribution in [0.15, 0.2) is 18.2 Å². The molecule has 1 rings (SSSR count). The number of hydrogen-bond donors (Lipinski definition) is 4. The van der Waals surface area contributed by atoms with E-state index in [-0.39, 0.29) is 12.6 Å². The molecule has 4 N–H and O–H groups in total. The number of nitrogens with one attached hydrogen (secondary N) is 1. The molecule has 110 valence electrons. The Morgan fingerprint density at radius 1 is 1.25 bits per heavy atom. The van der Waals surface area contributed by atoms with E-state index >= 15 is 0 Å². The number of carboxylic acids is 1. The van der Waals surface area contributed by atoms with Crippen molar-refractivity contribution in [2.45, 2.75) is 18.7 Å². The van der Waals surface area contributed by atoms with Crippen LogP contribution in [0.2, 0.25) is 0 Å². The molecule has 0 aromatic heterocycles. The number of phenols is 1. The van der Waals surface area contributed by atoms with Gasteiger partial charge in [0.05, 0.1) is 0 Å². The fourth-order valence-corrected chi connectivity index (χ4v) is 1.17. The molecular weight excluding hydrogens is 283 g/mol. The van der Waals surface area contributed by atoms with Gasteiger partial charge in [-0.05, 0) is 19.1 Å². The molecule has 1 amide bonds. The number of aromatic hydroxyl groups is 1. The second-order valence-electron chi connectivity index (χ2n) is 4.06. The van der Waals surface area contributed by atoms with Crippen LogP contribution in [0.3, 0.4) is 0 Å². The quantitative estimate of drug-likeness (QED) is 0.673. The third kappa shape index (κ3) is 2.99. The summed E-state index contributed by atoms with van der Waals surface area (Å²) in [4.78, 5) is 21.9. The van der Waals surface area contributed by atoms with Crippen molar-refractivity contribution in [1.29, 1.82) is 0 Å². The van der Waals surface area contributed by atoms with Crippen LogP contribution in [0.5, 0.6) is 5.75 Å². The van der Waals surface area contributed by atoms with Crippen molar-refractivity contribution in [3.63, 3.8) is 0 Å². The number of aromatic carboxylic acids is 1. The maximum Gasteiger partial charge on any atom is 0.426 e. The Kier molecular flexibility index (Phi) is 3.94. The zero-order valence-electron chi connectivity index (χ0n) is 10.0. The summed E-state index contributed by atoms with van der Waals surface area (Å²) in [5, 5.41) is 28.8. The molecular formula is C11H10F3NO5. The zero-order valence-corrected chi connectivity index (χ0v) is 10.0. The molecule has 0 spiro atoms. The monoisotopic (exact) mass is 293 g/mol. The number of halogens is 3. The van der Waals surface area contributed by atoms with Crippen LogP contribution in [0.1, 0.15) is 17.3 Å². The van der Waals surface area contributed by atoms with Crippen LogP contribution in [-0.2, 0) is 4.79 Å². The Morgan fingerprint density at radius 2 is 1.80 bits per heavy atom. The number of rotatable bonds is 3. The Labute approximate surface area is 110 Å². The highest BCUT2D eigenvalue weighted by Gasteiger charge is 2.55. The van der Waals surface area contributed by atoms with Crippen LogP contribution in [0.25, 0.3) is 0 Å². The number of anilines is 1. The van der Waals surface area contributed by atoms with Gasteiger partial charge in [-0.15, -0.1) is 0 Å². The third-order valence-electron chi connectivity index (χ3n) is 2.48. The van der Waals surface area contributed by atoms with E-state index < -0.39 is 35.0 Å². The largest absolute Gasteiger partial charge is 0.507 e. The first-order chi connectivity index (χ1) is 8.96. The van der Waals surface area contributed by atoms with Gasteiger partial charge >= 0.3 is 12.1 Å². The van der Waals surface area contributed by atoms with Crippen molar-refractivity contribution in [3.8, 4) is 5.75 Å². The minimum atomic E-state index is -5.18.